The molecule has 0 spiro atoms. The zero-order valence-electron chi connectivity index (χ0n) is 11.2. The summed E-state index contributed by atoms with van der Waals surface area (Å²) in [5, 5.41) is 18.4. The Kier molecular flexibility index (Phi) is 2.88. The summed E-state index contributed by atoms with van der Waals surface area (Å²) in [5.74, 6) is -0.320. The maximum Gasteiger partial charge on any atom is 0.303 e. The summed E-state index contributed by atoms with van der Waals surface area (Å²) < 4.78 is 0. The fraction of sp³-hybridized carbons (Fsp3) is 0.867. The molecule has 0 atom stereocenters. The predicted octanol–water partition coefficient (Wildman–Crippen LogP) is 2.91. The molecule has 4 saturated carbocycles. The molecule has 0 amide bonds. The first kappa shape index (κ1) is 12.9. The summed E-state index contributed by atoms with van der Waals surface area (Å²) in [6.07, 6.45) is 7.69. The summed E-state index contributed by atoms with van der Waals surface area (Å²) in [6, 6.07) is 0. The molecule has 4 bridgehead atoms. The van der Waals surface area contributed by atoms with Crippen molar-refractivity contribution >= 4 is 11.9 Å². The Morgan fingerprint density at radius 2 is 1.21 bits per heavy atom. The standard InChI is InChI=1S/C15H22O4/c16-12(17)7-14-3-10-1-2-11(5-14)6-15(4-10,9-14)8-13(18)19/h10-11H,1-9H2,(H,16,17)(H,18,19). The van der Waals surface area contributed by atoms with Gasteiger partial charge in [0.2, 0.25) is 0 Å². The number of rotatable bonds is 4. The van der Waals surface area contributed by atoms with Crippen LogP contribution < -0.4 is 0 Å². The van der Waals surface area contributed by atoms with Crippen LogP contribution in [-0.2, 0) is 9.59 Å². The van der Waals surface area contributed by atoms with Gasteiger partial charge >= 0.3 is 11.9 Å². The number of aliphatic carboxylic acids is 2. The second-order valence-electron chi connectivity index (χ2n) is 7.44. The molecule has 0 radical (unpaired) electrons. The van der Waals surface area contributed by atoms with Gasteiger partial charge in [-0.3, -0.25) is 9.59 Å². The number of carbonyl (C=O) groups is 2. The summed E-state index contributed by atoms with van der Waals surface area (Å²) in [5.41, 5.74) is -0.215. The van der Waals surface area contributed by atoms with Gasteiger partial charge in [-0.2, -0.15) is 0 Å². The van der Waals surface area contributed by atoms with Crippen LogP contribution in [0.1, 0.15) is 57.8 Å². The van der Waals surface area contributed by atoms with Crippen LogP contribution in [0.15, 0.2) is 0 Å². The topological polar surface area (TPSA) is 74.6 Å². The Morgan fingerprint density at radius 1 is 0.842 bits per heavy atom. The lowest BCUT2D eigenvalue weighted by atomic mass is 9.50. The average molecular weight is 266 g/mol. The minimum absolute atomic E-state index is 0.108. The molecular formula is C15H22O4. The maximum atomic E-state index is 11.2. The molecule has 4 nitrogen and oxygen atoms in total. The molecule has 0 aromatic carbocycles. The van der Waals surface area contributed by atoms with Gasteiger partial charge in [-0.1, -0.05) is 12.8 Å². The third kappa shape index (κ3) is 2.37. The summed E-state index contributed by atoms with van der Waals surface area (Å²) in [7, 11) is 0. The average Bonchev–Trinajstić information content (AvgIpc) is 2.39. The zero-order chi connectivity index (χ0) is 13.7. The van der Waals surface area contributed by atoms with Crippen LogP contribution in [0.3, 0.4) is 0 Å². The van der Waals surface area contributed by atoms with E-state index in [1.807, 2.05) is 0 Å². The van der Waals surface area contributed by atoms with E-state index in [2.05, 4.69) is 0 Å². The lowest BCUT2D eigenvalue weighted by Gasteiger charge is -2.54. The Labute approximate surface area is 113 Å². The maximum absolute atomic E-state index is 11.2. The molecule has 4 fully saturated rings. The molecule has 0 unspecified atom stereocenters. The van der Waals surface area contributed by atoms with Gasteiger partial charge in [0.15, 0.2) is 0 Å². The second-order valence-corrected chi connectivity index (χ2v) is 7.44. The largest absolute Gasteiger partial charge is 0.481 e. The van der Waals surface area contributed by atoms with Gasteiger partial charge < -0.3 is 10.2 Å². The van der Waals surface area contributed by atoms with Crippen LogP contribution in [0.5, 0.6) is 0 Å². The highest BCUT2D eigenvalue weighted by atomic mass is 16.4. The molecule has 0 aliphatic heterocycles. The SMILES string of the molecule is O=C(O)CC12CC3CCC(C1)CC(CC(=O)O)(C3)C2. The van der Waals surface area contributed by atoms with Gasteiger partial charge in [0.25, 0.3) is 0 Å². The van der Waals surface area contributed by atoms with Crippen LogP contribution in [0.25, 0.3) is 0 Å². The van der Waals surface area contributed by atoms with Crippen LogP contribution in [0.2, 0.25) is 0 Å². The Bertz CT molecular complexity index is 364. The van der Waals surface area contributed by atoms with E-state index < -0.39 is 11.9 Å². The van der Waals surface area contributed by atoms with Crippen LogP contribution >= 0.6 is 0 Å². The normalized spacial score (nSPS) is 44.0. The first-order valence-corrected chi connectivity index (χ1v) is 7.34. The van der Waals surface area contributed by atoms with Gasteiger partial charge in [0.1, 0.15) is 0 Å². The minimum Gasteiger partial charge on any atom is -0.481 e. The van der Waals surface area contributed by atoms with E-state index in [0.29, 0.717) is 11.8 Å². The Balaban J connectivity index is 1.92. The first-order chi connectivity index (χ1) is 8.90. The highest BCUT2D eigenvalue weighted by Crippen LogP contribution is 2.65. The summed E-state index contributed by atoms with van der Waals surface area (Å²) >= 11 is 0. The third-order valence-electron chi connectivity index (χ3n) is 5.67. The summed E-state index contributed by atoms with van der Waals surface area (Å²) in [4.78, 5) is 22.4. The Hall–Kier alpha value is -1.06. The molecule has 0 saturated heterocycles. The number of carboxylic acid groups (broad SMARTS) is 2. The first-order valence-electron chi connectivity index (χ1n) is 7.34. The van der Waals surface area contributed by atoms with Crippen LogP contribution in [0.4, 0.5) is 0 Å². The quantitative estimate of drug-likeness (QED) is 0.820. The third-order valence-corrected chi connectivity index (χ3v) is 5.67. The fourth-order valence-electron chi connectivity index (χ4n) is 5.78. The van der Waals surface area contributed by atoms with Crippen molar-refractivity contribution < 1.29 is 19.8 Å². The van der Waals surface area contributed by atoms with Crippen molar-refractivity contribution in [3.8, 4) is 0 Å². The molecular weight excluding hydrogens is 244 g/mol. The van der Waals surface area contributed by atoms with Crippen molar-refractivity contribution in [3.63, 3.8) is 0 Å². The number of fused-ring (bicyclic) bond motifs is 1. The van der Waals surface area contributed by atoms with E-state index in [1.165, 1.54) is 12.8 Å². The van der Waals surface area contributed by atoms with Gasteiger partial charge in [-0.25, -0.2) is 0 Å². The van der Waals surface area contributed by atoms with Crippen molar-refractivity contribution in [2.75, 3.05) is 0 Å². The van der Waals surface area contributed by atoms with Crippen molar-refractivity contribution in [2.24, 2.45) is 22.7 Å². The lowest BCUT2D eigenvalue weighted by Crippen LogP contribution is -2.46. The van der Waals surface area contributed by atoms with E-state index in [9.17, 15) is 19.8 Å². The van der Waals surface area contributed by atoms with E-state index >= 15 is 0 Å². The van der Waals surface area contributed by atoms with Crippen molar-refractivity contribution in [1.29, 1.82) is 0 Å². The Morgan fingerprint density at radius 3 is 1.53 bits per heavy atom. The number of hydrogen-bond acceptors (Lipinski definition) is 2. The molecule has 4 heteroatoms. The van der Waals surface area contributed by atoms with Gasteiger partial charge in [-0.05, 0) is 54.8 Å². The minimum atomic E-state index is -0.715. The fourth-order valence-corrected chi connectivity index (χ4v) is 5.78. The molecule has 0 aromatic heterocycles. The van der Waals surface area contributed by atoms with E-state index in [4.69, 9.17) is 0 Å². The van der Waals surface area contributed by atoms with Crippen molar-refractivity contribution in [3.05, 3.63) is 0 Å². The highest BCUT2D eigenvalue weighted by Gasteiger charge is 2.56. The molecule has 4 aliphatic rings. The van der Waals surface area contributed by atoms with E-state index in [0.717, 1.165) is 32.1 Å². The van der Waals surface area contributed by atoms with Gasteiger partial charge in [-0.15, -0.1) is 0 Å². The van der Waals surface area contributed by atoms with Gasteiger partial charge in [0, 0.05) is 0 Å². The lowest BCUT2D eigenvalue weighted by molar-refractivity contribution is -0.148. The van der Waals surface area contributed by atoms with E-state index in [-0.39, 0.29) is 23.7 Å². The second kappa shape index (κ2) is 4.22. The molecule has 4 rings (SSSR count). The smallest absolute Gasteiger partial charge is 0.303 e. The molecule has 106 valence electrons. The van der Waals surface area contributed by atoms with E-state index in [1.54, 1.807) is 0 Å². The molecule has 19 heavy (non-hydrogen) atoms. The predicted molar refractivity (Wildman–Crippen MR) is 68.7 cm³/mol. The monoisotopic (exact) mass is 266 g/mol. The number of hydrogen-bond donors (Lipinski definition) is 2. The van der Waals surface area contributed by atoms with Gasteiger partial charge in [0.05, 0.1) is 12.8 Å². The summed E-state index contributed by atoms with van der Waals surface area (Å²) in [6.45, 7) is 0. The van der Waals surface area contributed by atoms with Crippen LogP contribution in [-0.4, -0.2) is 22.2 Å². The zero-order valence-corrected chi connectivity index (χ0v) is 11.2. The van der Waals surface area contributed by atoms with Crippen molar-refractivity contribution in [1.82, 2.24) is 0 Å². The molecule has 2 N–H and O–H groups in total. The number of carboxylic acids is 2. The molecule has 0 aromatic rings. The highest BCUT2D eigenvalue weighted by molar-refractivity contribution is 5.69. The van der Waals surface area contributed by atoms with Crippen LogP contribution in [0, 0.1) is 22.7 Å². The van der Waals surface area contributed by atoms with Crippen molar-refractivity contribution in [2.45, 2.75) is 57.8 Å². The molecule has 0 heterocycles. The molecule has 4 aliphatic carbocycles.